The maximum absolute atomic E-state index is 12.7. The number of nitrogens with zero attached hydrogens (tertiary/aromatic N) is 3. The van der Waals surface area contributed by atoms with Gasteiger partial charge in [-0.05, 0) is 24.3 Å². The average molecular weight is 461 g/mol. The van der Waals surface area contributed by atoms with Gasteiger partial charge in [0.2, 0.25) is 0 Å². The van der Waals surface area contributed by atoms with Gasteiger partial charge in [0, 0.05) is 13.1 Å². The monoisotopic (exact) mass is 460 g/mol. The van der Waals surface area contributed by atoms with E-state index >= 15 is 0 Å². The highest BCUT2D eigenvalue weighted by atomic mass is 35.5. The van der Waals surface area contributed by atoms with Crippen LogP contribution in [0.1, 0.15) is 20.8 Å². The number of nitrogens with one attached hydrogen (secondary N) is 3. The van der Waals surface area contributed by atoms with Crippen LogP contribution >= 0.6 is 23.2 Å². The van der Waals surface area contributed by atoms with Gasteiger partial charge in [0.15, 0.2) is 0 Å². The second-order valence-corrected chi connectivity index (χ2v) is 7.48. The summed E-state index contributed by atoms with van der Waals surface area (Å²) in [5.74, 6) is -0.228. The van der Waals surface area contributed by atoms with E-state index in [9.17, 15) is 9.59 Å². The molecule has 0 aliphatic carbocycles. The highest BCUT2D eigenvalue weighted by Crippen LogP contribution is 2.26. The van der Waals surface area contributed by atoms with E-state index < -0.39 is 11.8 Å². The molecule has 0 radical (unpaired) electrons. The van der Waals surface area contributed by atoms with Crippen molar-refractivity contribution in [2.24, 2.45) is 0 Å². The fraction of sp³-hybridized carbons (Fsp3) is 0.200. The summed E-state index contributed by atoms with van der Waals surface area (Å²) in [5.41, 5.74) is 0.884. The molecule has 11 heteroatoms. The molecule has 0 spiro atoms. The Morgan fingerprint density at radius 3 is 2.42 bits per heavy atom. The van der Waals surface area contributed by atoms with E-state index in [2.05, 4.69) is 30.7 Å². The van der Waals surface area contributed by atoms with Gasteiger partial charge >= 0.3 is 0 Å². The van der Waals surface area contributed by atoms with Gasteiger partial charge < -0.3 is 20.3 Å². The molecule has 3 aromatic rings. The van der Waals surface area contributed by atoms with Gasteiger partial charge in [0.25, 0.3) is 11.8 Å². The molecule has 9 nitrogen and oxygen atoms in total. The Kier molecular flexibility index (Phi) is 6.36. The summed E-state index contributed by atoms with van der Waals surface area (Å²) in [6, 6.07) is 8.33. The summed E-state index contributed by atoms with van der Waals surface area (Å²) in [6.07, 6.45) is 2.90. The lowest BCUT2D eigenvalue weighted by molar-refractivity contribution is 0.102. The third-order valence-corrected chi connectivity index (χ3v) is 5.28. The Hall–Kier alpha value is -3.14. The number of H-pyrrole nitrogens is 1. The molecule has 0 bridgehead atoms. The summed E-state index contributed by atoms with van der Waals surface area (Å²) in [5, 5.41) is 12.2. The standard InChI is InChI=1S/C20H18Cl2N6O3/c21-13-2-1-3-14(22)17(13)19(29)26-15-11-24-27-18(15)20(30)25-12-4-5-16(23-10-12)28-6-8-31-9-7-28/h1-5,10-11H,6-9H2,(H,24,27)(H,25,30)(H,26,29). The molecule has 2 aromatic heterocycles. The van der Waals surface area contributed by atoms with Crippen molar-refractivity contribution in [3.05, 3.63) is 64.0 Å². The number of morpholine rings is 1. The highest BCUT2D eigenvalue weighted by Gasteiger charge is 2.20. The molecular formula is C20H18Cl2N6O3. The molecule has 0 saturated carbocycles. The predicted molar refractivity (Wildman–Crippen MR) is 118 cm³/mol. The van der Waals surface area contributed by atoms with Gasteiger partial charge in [0.1, 0.15) is 11.5 Å². The Morgan fingerprint density at radius 2 is 1.74 bits per heavy atom. The molecule has 1 aromatic carbocycles. The summed E-state index contributed by atoms with van der Waals surface area (Å²) in [6.45, 7) is 2.86. The number of pyridine rings is 1. The maximum atomic E-state index is 12.7. The zero-order chi connectivity index (χ0) is 21.8. The van der Waals surface area contributed by atoms with E-state index in [1.54, 1.807) is 30.5 Å². The van der Waals surface area contributed by atoms with Crippen molar-refractivity contribution in [3.63, 3.8) is 0 Å². The number of benzene rings is 1. The second kappa shape index (κ2) is 9.34. The van der Waals surface area contributed by atoms with E-state index in [1.807, 2.05) is 6.07 Å². The minimum absolute atomic E-state index is 0.0776. The normalized spacial score (nSPS) is 13.7. The number of hydrogen-bond acceptors (Lipinski definition) is 6. The van der Waals surface area contributed by atoms with Gasteiger partial charge in [-0.3, -0.25) is 14.7 Å². The van der Waals surface area contributed by atoms with Gasteiger partial charge in [-0.25, -0.2) is 4.98 Å². The number of halogens is 2. The molecule has 3 N–H and O–H groups in total. The van der Waals surface area contributed by atoms with E-state index in [1.165, 1.54) is 6.20 Å². The van der Waals surface area contributed by atoms with Gasteiger partial charge in [-0.1, -0.05) is 29.3 Å². The van der Waals surface area contributed by atoms with Gasteiger partial charge in [-0.15, -0.1) is 0 Å². The van der Waals surface area contributed by atoms with Crippen LogP contribution in [0.4, 0.5) is 17.2 Å². The number of amides is 2. The van der Waals surface area contributed by atoms with Crippen LogP contribution in [0.25, 0.3) is 0 Å². The van der Waals surface area contributed by atoms with E-state index in [0.717, 1.165) is 18.9 Å². The molecule has 160 valence electrons. The summed E-state index contributed by atoms with van der Waals surface area (Å²) in [7, 11) is 0. The van der Waals surface area contributed by atoms with Crippen LogP contribution in [-0.4, -0.2) is 53.3 Å². The molecule has 3 heterocycles. The molecule has 31 heavy (non-hydrogen) atoms. The zero-order valence-corrected chi connectivity index (χ0v) is 17.7. The van der Waals surface area contributed by atoms with Gasteiger partial charge in [-0.2, -0.15) is 5.10 Å². The molecule has 1 saturated heterocycles. The number of hydrogen-bond donors (Lipinski definition) is 3. The van der Waals surface area contributed by atoms with Crippen molar-refractivity contribution in [2.75, 3.05) is 41.8 Å². The lowest BCUT2D eigenvalue weighted by Crippen LogP contribution is -2.36. The molecule has 1 fully saturated rings. The first-order valence-electron chi connectivity index (χ1n) is 9.42. The van der Waals surface area contributed by atoms with Crippen LogP contribution in [0.2, 0.25) is 10.0 Å². The first-order valence-corrected chi connectivity index (χ1v) is 10.2. The fourth-order valence-electron chi connectivity index (χ4n) is 3.09. The quantitative estimate of drug-likeness (QED) is 0.537. The molecule has 4 rings (SSSR count). The zero-order valence-electron chi connectivity index (χ0n) is 16.2. The lowest BCUT2D eigenvalue weighted by Gasteiger charge is -2.27. The van der Waals surface area contributed by atoms with Crippen molar-refractivity contribution >= 4 is 52.2 Å². The molecule has 1 aliphatic heterocycles. The third-order valence-electron chi connectivity index (χ3n) is 4.65. The summed E-state index contributed by atoms with van der Waals surface area (Å²) >= 11 is 12.2. The number of aromatic nitrogens is 3. The van der Waals surface area contributed by atoms with Crippen molar-refractivity contribution < 1.29 is 14.3 Å². The number of ether oxygens (including phenoxy) is 1. The van der Waals surface area contributed by atoms with Crippen molar-refractivity contribution in [3.8, 4) is 0 Å². The Labute approximate surface area is 187 Å². The lowest BCUT2D eigenvalue weighted by atomic mass is 10.2. The smallest absolute Gasteiger partial charge is 0.275 e. The maximum Gasteiger partial charge on any atom is 0.275 e. The third kappa shape index (κ3) is 4.79. The summed E-state index contributed by atoms with van der Waals surface area (Å²) < 4.78 is 5.34. The number of aromatic amines is 1. The largest absolute Gasteiger partial charge is 0.378 e. The number of carbonyl (C=O) groups excluding carboxylic acids is 2. The number of rotatable bonds is 5. The molecular weight excluding hydrogens is 443 g/mol. The Bertz CT molecular complexity index is 1080. The minimum atomic E-state index is -0.553. The fourth-order valence-corrected chi connectivity index (χ4v) is 3.66. The van der Waals surface area contributed by atoms with E-state index in [0.29, 0.717) is 18.9 Å². The van der Waals surface area contributed by atoms with Crippen molar-refractivity contribution in [2.45, 2.75) is 0 Å². The Balaban J connectivity index is 1.44. The molecule has 0 atom stereocenters. The SMILES string of the molecule is O=C(Nc1ccc(N2CCOCC2)nc1)c1[nH]ncc1NC(=O)c1c(Cl)cccc1Cl. The van der Waals surface area contributed by atoms with Crippen LogP contribution in [0.5, 0.6) is 0 Å². The second-order valence-electron chi connectivity index (χ2n) is 6.67. The summed E-state index contributed by atoms with van der Waals surface area (Å²) in [4.78, 5) is 31.8. The first-order chi connectivity index (χ1) is 15.0. The van der Waals surface area contributed by atoms with Crippen molar-refractivity contribution in [1.82, 2.24) is 15.2 Å². The molecule has 2 amide bonds. The van der Waals surface area contributed by atoms with Crippen molar-refractivity contribution in [1.29, 1.82) is 0 Å². The Morgan fingerprint density at radius 1 is 1.00 bits per heavy atom. The van der Waals surface area contributed by atoms with Gasteiger partial charge in [0.05, 0.1) is 52.6 Å². The molecule has 1 aliphatic rings. The van der Waals surface area contributed by atoms with Crippen LogP contribution in [0.3, 0.4) is 0 Å². The van der Waals surface area contributed by atoms with E-state index in [4.69, 9.17) is 27.9 Å². The topological polar surface area (TPSA) is 112 Å². The van der Waals surface area contributed by atoms with E-state index in [-0.39, 0.29) is 27.0 Å². The first kappa shape index (κ1) is 21.1. The number of carbonyl (C=O) groups is 2. The predicted octanol–water partition coefficient (Wildman–Crippen LogP) is 3.45. The number of anilines is 3. The van der Waals surface area contributed by atoms with Crippen LogP contribution in [0, 0.1) is 0 Å². The highest BCUT2D eigenvalue weighted by molar-refractivity contribution is 6.40. The van der Waals surface area contributed by atoms with Crippen LogP contribution < -0.4 is 15.5 Å². The minimum Gasteiger partial charge on any atom is -0.378 e. The average Bonchev–Trinajstić information content (AvgIpc) is 3.23. The van der Waals surface area contributed by atoms with Crippen LogP contribution in [-0.2, 0) is 4.74 Å². The van der Waals surface area contributed by atoms with Crippen LogP contribution in [0.15, 0.2) is 42.7 Å². The molecule has 0 unspecified atom stereocenters.